The van der Waals surface area contributed by atoms with Gasteiger partial charge in [0.2, 0.25) is 0 Å². The second-order valence-electron chi connectivity index (χ2n) is 9.40. The number of hydrogen-bond acceptors (Lipinski definition) is 7. The van der Waals surface area contributed by atoms with E-state index in [9.17, 15) is 5.11 Å². The summed E-state index contributed by atoms with van der Waals surface area (Å²) >= 11 is 7.89. The maximum absolute atomic E-state index is 10.3. The van der Waals surface area contributed by atoms with E-state index in [1.54, 1.807) is 11.3 Å². The lowest BCUT2D eigenvalue weighted by Crippen LogP contribution is -2.52. The van der Waals surface area contributed by atoms with Crippen molar-refractivity contribution in [2.24, 2.45) is 5.92 Å². The van der Waals surface area contributed by atoms with E-state index in [2.05, 4.69) is 26.7 Å². The lowest BCUT2D eigenvalue weighted by Gasteiger charge is -2.48. The maximum atomic E-state index is 10.3. The zero-order chi connectivity index (χ0) is 21.6. The highest BCUT2D eigenvalue weighted by atomic mass is 35.5. The first-order chi connectivity index (χ1) is 14.9. The van der Waals surface area contributed by atoms with Crippen molar-refractivity contribution in [3.8, 4) is 0 Å². The van der Waals surface area contributed by atoms with Gasteiger partial charge in [-0.2, -0.15) is 0 Å². The van der Waals surface area contributed by atoms with Crippen LogP contribution in [0.1, 0.15) is 54.8 Å². The van der Waals surface area contributed by atoms with Gasteiger partial charge < -0.3 is 19.6 Å². The number of rotatable bonds is 3. The summed E-state index contributed by atoms with van der Waals surface area (Å²) in [6.45, 7) is 8.95. The quantitative estimate of drug-likeness (QED) is 0.739. The van der Waals surface area contributed by atoms with Crippen LogP contribution in [-0.2, 0) is 10.3 Å². The van der Waals surface area contributed by atoms with Gasteiger partial charge in [-0.3, -0.25) is 4.98 Å². The first-order valence-corrected chi connectivity index (χ1v) is 12.5. The van der Waals surface area contributed by atoms with E-state index in [1.807, 2.05) is 25.4 Å². The topological polar surface area (TPSA) is 61.7 Å². The number of fused-ring (bicyclic) bond motifs is 2. The van der Waals surface area contributed by atoms with Crippen molar-refractivity contribution < 1.29 is 9.84 Å². The van der Waals surface area contributed by atoms with E-state index in [4.69, 9.17) is 16.3 Å². The Morgan fingerprint density at radius 3 is 2.84 bits per heavy atom. The third-order valence-electron chi connectivity index (χ3n) is 7.25. The zero-order valence-corrected chi connectivity index (χ0v) is 19.8. The van der Waals surface area contributed by atoms with Crippen LogP contribution in [-0.4, -0.2) is 58.8 Å². The normalized spacial score (nSPS) is 30.0. The number of ether oxygens (including phenoxy) is 1. The van der Waals surface area contributed by atoms with Crippen LogP contribution in [0.4, 0.5) is 5.82 Å². The van der Waals surface area contributed by atoms with Gasteiger partial charge in [-0.15, -0.1) is 11.3 Å². The molecule has 0 bridgehead atoms. The number of aliphatic hydroxyl groups excluding tert-OH is 1. The Kier molecular flexibility index (Phi) is 5.99. The molecule has 6 nitrogen and oxygen atoms in total. The second kappa shape index (κ2) is 8.60. The van der Waals surface area contributed by atoms with Crippen molar-refractivity contribution in [1.82, 2.24) is 14.9 Å². The first kappa shape index (κ1) is 21.6. The maximum Gasteiger partial charge on any atom is 0.147 e. The predicted molar refractivity (Wildman–Crippen MR) is 124 cm³/mol. The zero-order valence-electron chi connectivity index (χ0n) is 18.3. The Balaban J connectivity index is 1.19. The Morgan fingerprint density at radius 1 is 1.29 bits per heavy atom. The van der Waals surface area contributed by atoms with Gasteiger partial charge in [0.05, 0.1) is 22.8 Å². The number of anilines is 1. The third kappa shape index (κ3) is 4.23. The van der Waals surface area contributed by atoms with E-state index >= 15 is 0 Å². The SMILES string of the molecule is Cc1cncc(N2CCC(CN3CC[C@]4(C[C@@H]3C)OC[C@H](O)c3cc(Cl)sc34)CC2)n1. The smallest absolute Gasteiger partial charge is 0.147 e. The highest BCUT2D eigenvalue weighted by Gasteiger charge is 2.47. The minimum atomic E-state index is -0.555. The molecule has 5 rings (SSSR count). The van der Waals surface area contributed by atoms with Crippen molar-refractivity contribution in [1.29, 1.82) is 0 Å². The molecule has 0 saturated carbocycles. The monoisotopic (exact) mass is 462 g/mol. The largest absolute Gasteiger partial charge is 0.386 e. The van der Waals surface area contributed by atoms with Gasteiger partial charge in [0, 0.05) is 48.9 Å². The van der Waals surface area contributed by atoms with Gasteiger partial charge in [-0.05, 0) is 51.5 Å². The lowest BCUT2D eigenvalue weighted by atomic mass is 9.81. The molecular weight excluding hydrogens is 432 g/mol. The minimum absolute atomic E-state index is 0.282. The minimum Gasteiger partial charge on any atom is -0.386 e. The fourth-order valence-corrected chi connectivity index (χ4v) is 6.98. The number of aromatic nitrogens is 2. The Hall–Kier alpha value is -1.25. The Morgan fingerprint density at radius 2 is 2.10 bits per heavy atom. The molecule has 2 aromatic rings. The summed E-state index contributed by atoms with van der Waals surface area (Å²) in [5.74, 6) is 1.72. The van der Waals surface area contributed by atoms with Crippen molar-refractivity contribution >= 4 is 28.8 Å². The number of hydrogen-bond donors (Lipinski definition) is 1. The summed E-state index contributed by atoms with van der Waals surface area (Å²) in [6, 6.07) is 2.37. The summed E-state index contributed by atoms with van der Waals surface area (Å²) in [5, 5.41) is 10.3. The van der Waals surface area contributed by atoms with Gasteiger partial charge in [0.1, 0.15) is 17.5 Å². The van der Waals surface area contributed by atoms with E-state index in [0.717, 1.165) is 65.3 Å². The number of aryl methyl sites for hydroxylation is 1. The molecule has 1 N–H and O–H groups in total. The van der Waals surface area contributed by atoms with Crippen LogP contribution >= 0.6 is 22.9 Å². The number of likely N-dealkylation sites (tertiary alicyclic amines) is 1. The molecule has 1 spiro atoms. The summed E-state index contributed by atoms with van der Waals surface area (Å²) in [4.78, 5) is 15.1. The molecule has 5 heterocycles. The van der Waals surface area contributed by atoms with E-state index in [0.29, 0.717) is 18.6 Å². The summed E-state index contributed by atoms with van der Waals surface area (Å²) in [6.07, 6.45) is 7.44. The highest BCUT2D eigenvalue weighted by molar-refractivity contribution is 7.16. The number of piperidine rings is 2. The number of halogens is 1. The van der Waals surface area contributed by atoms with Crippen molar-refractivity contribution in [2.45, 2.75) is 57.3 Å². The Bertz CT molecular complexity index is 932. The summed E-state index contributed by atoms with van der Waals surface area (Å²) in [5.41, 5.74) is 1.67. The Labute approximate surface area is 193 Å². The van der Waals surface area contributed by atoms with Gasteiger partial charge in [0.15, 0.2) is 0 Å². The standard InChI is InChI=1S/C23H31ClN4O2S/c1-15-11-25-12-21(26-15)27-6-3-17(4-7-27)13-28-8-5-23(10-16(28)2)22-18(9-20(24)31-22)19(29)14-30-23/h9,11-12,16-17,19,29H,3-8,10,13-14H2,1-2H3/t16-,19-,23+/m0/s1. The average Bonchev–Trinajstić information content (AvgIpc) is 3.17. The van der Waals surface area contributed by atoms with Crippen LogP contribution in [0.15, 0.2) is 18.5 Å². The molecule has 0 radical (unpaired) electrons. The molecule has 2 aromatic heterocycles. The van der Waals surface area contributed by atoms with E-state index in [-0.39, 0.29) is 5.60 Å². The summed E-state index contributed by atoms with van der Waals surface area (Å²) < 4.78 is 7.04. The lowest BCUT2D eigenvalue weighted by molar-refractivity contribution is -0.139. The van der Waals surface area contributed by atoms with Crippen LogP contribution in [0, 0.1) is 12.8 Å². The molecule has 3 atom stereocenters. The fraction of sp³-hybridized carbons (Fsp3) is 0.652. The molecule has 8 heteroatoms. The molecular formula is C23H31ClN4O2S. The molecule has 31 heavy (non-hydrogen) atoms. The predicted octanol–water partition coefficient (Wildman–Crippen LogP) is 4.16. The van der Waals surface area contributed by atoms with Crippen LogP contribution in [0.2, 0.25) is 4.34 Å². The van der Waals surface area contributed by atoms with Crippen LogP contribution in [0.25, 0.3) is 0 Å². The molecule has 3 aliphatic rings. The van der Waals surface area contributed by atoms with E-state index in [1.165, 1.54) is 12.8 Å². The van der Waals surface area contributed by atoms with Crippen LogP contribution in [0.3, 0.4) is 0 Å². The number of thiophene rings is 1. The second-order valence-corrected chi connectivity index (χ2v) is 11.1. The van der Waals surface area contributed by atoms with Gasteiger partial charge in [-0.1, -0.05) is 11.6 Å². The van der Waals surface area contributed by atoms with E-state index < -0.39 is 6.10 Å². The molecule has 0 aliphatic carbocycles. The summed E-state index contributed by atoms with van der Waals surface area (Å²) in [7, 11) is 0. The third-order valence-corrected chi connectivity index (χ3v) is 8.71. The molecule has 0 amide bonds. The van der Waals surface area contributed by atoms with Crippen molar-refractivity contribution in [3.05, 3.63) is 38.9 Å². The number of aliphatic hydroxyl groups is 1. The highest BCUT2D eigenvalue weighted by Crippen LogP contribution is 2.50. The molecule has 168 valence electrons. The van der Waals surface area contributed by atoms with Crippen LogP contribution < -0.4 is 4.90 Å². The van der Waals surface area contributed by atoms with Gasteiger partial charge in [0.25, 0.3) is 0 Å². The van der Waals surface area contributed by atoms with Gasteiger partial charge >= 0.3 is 0 Å². The average molecular weight is 463 g/mol. The molecule has 2 fully saturated rings. The van der Waals surface area contributed by atoms with Crippen molar-refractivity contribution in [3.63, 3.8) is 0 Å². The number of nitrogens with zero attached hydrogens (tertiary/aromatic N) is 4. The molecule has 0 unspecified atom stereocenters. The first-order valence-electron chi connectivity index (χ1n) is 11.3. The van der Waals surface area contributed by atoms with Gasteiger partial charge in [-0.25, -0.2) is 4.98 Å². The molecule has 3 aliphatic heterocycles. The molecule has 2 saturated heterocycles. The van der Waals surface area contributed by atoms with Crippen molar-refractivity contribution in [2.75, 3.05) is 37.7 Å². The molecule has 0 aromatic carbocycles. The van der Waals surface area contributed by atoms with Crippen LogP contribution in [0.5, 0.6) is 0 Å². The fourth-order valence-electron chi connectivity index (χ4n) is 5.51.